The summed E-state index contributed by atoms with van der Waals surface area (Å²) < 4.78 is 0.252. The fraction of sp³-hybridized carbons (Fsp3) is 0. The molecule has 0 N–H and O–H groups in total. The van der Waals surface area contributed by atoms with Crippen LogP contribution in [0, 0.1) is 0 Å². The first-order chi connectivity index (χ1) is 4.61. The van der Waals surface area contributed by atoms with Crippen LogP contribution >= 0.6 is 27.5 Å². The van der Waals surface area contributed by atoms with E-state index in [1.807, 2.05) is 0 Å². The number of carbonyl (C=O) groups excluding carboxylic acids is 2. The zero-order chi connectivity index (χ0) is 7.72. The van der Waals surface area contributed by atoms with Crippen LogP contribution in [0.15, 0.2) is 21.7 Å². The predicted octanol–water partition coefficient (Wildman–Crippen LogP) is 1.54. The van der Waals surface area contributed by atoms with Crippen LogP contribution in [0.3, 0.4) is 0 Å². The molecule has 0 heterocycles. The van der Waals surface area contributed by atoms with Gasteiger partial charge in [-0.15, -0.1) is 0 Å². The van der Waals surface area contributed by atoms with Gasteiger partial charge in [0.25, 0.3) is 0 Å². The van der Waals surface area contributed by atoms with Gasteiger partial charge < -0.3 is 0 Å². The van der Waals surface area contributed by atoms with Crippen LogP contribution < -0.4 is 0 Å². The van der Waals surface area contributed by atoms with E-state index in [-0.39, 0.29) is 21.1 Å². The number of ketones is 2. The van der Waals surface area contributed by atoms with Crippen LogP contribution in [-0.2, 0) is 9.59 Å². The second kappa shape index (κ2) is 2.68. The summed E-state index contributed by atoms with van der Waals surface area (Å²) in [4.78, 5) is 21.4. The third kappa shape index (κ3) is 1.36. The molecule has 0 saturated carbocycles. The molecule has 0 unspecified atom stereocenters. The summed E-state index contributed by atoms with van der Waals surface area (Å²) in [5.74, 6) is -0.613. The van der Waals surface area contributed by atoms with Gasteiger partial charge in [0.1, 0.15) is 0 Å². The highest BCUT2D eigenvalue weighted by Crippen LogP contribution is 2.18. The number of carbonyl (C=O) groups is 2. The van der Waals surface area contributed by atoms with Gasteiger partial charge in [0.05, 0.1) is 9.51 Å². The third-order valence-electron chi connectivity index (χ3n) is 0.986. The molecule has 52 valence electrons. The summed E-state index contributed by atoms with van der Waals surface area (Å²) in [6, 6.07) is 0. The van der Waals surface area contributed by atoms with Crippen molar-refractivity contribution in [2.24, 2.45) is 0 Å². The molecule has 4 heteroatoms. The maximum atomic E-state index is 10.7. The highest BCUT2D eigenvalue weighted by molar-refractivity contribution is 9.12. The van der Waals surface area contributed by atoms with E-state index < -0.39 is 0 Å². The van der Waals surface area contributed by atoms with Crippen molar-refractivity contribution < 1.29 is 9.59 Å². The second-order valence-electron chi connectivity index (χ2n) is 1.71. The van der Waals surface area contributed by atoms with Gasteiger partial charge >= 0.3 is 0 Å². The Bertz CT molecular complexity index is 237. The van der Waals surface area contributed by atoms with Crippen molar-refractivity contribution in [1.82, 2.24) is 0 Å². The van der Waals surface area contributed by atoms with E-state index in [1.165, 1.54) is 0 Å². The van der Waals surface area contributed by atoms with Gasteiger partial charge in [-0.05, 0) is 15.9 Å². The Morgan fingerprint density at radius 1 is 1.20 bits per heavy atom. The van der Waals surface area contributed by atoms with Crippen molar-refractivity contribution in [2.45, 2.75) is 0 Å². The van der Waals surface area contributed by atoms with Crippen LogP contribution in [0.5, 0.6) is 0 Å². The summed E-state index contributed by atoms with van der Waals surface area (Å²) in [7, 11) is 0. The molecule has 1 aliphatic rings. The maximum absolute atomic E-state index is 10.7. The van der Waals surface area contributed by atoms with Gasteiger partial charge in [0.15, 0.2) is 11.6 Å². The summed E-state index contributed by atoms with van der Waals surface area (Å²) in [5, 5.41) is -0.0341. The van der Waals surface area contributed by atoms with E-state index in [1.54, 1.807) is 0 Å². The van der Waals surface area contributed by atoms with Gasteiger partial charge in [-0.2, -0.15) is 0 Å². The zero-order valence-electron chi connectivity index (χ0n) is 4.73. The molecule has 0 aliphatic heterocycles. The molecule has 1 rings (SSSR count). The second-order valence-corrected chi connectivity index (χ2v) is 2.97. The van der Waals surface area contributed by atoms with Crippen molar-refractivity contribution in [1.29, 1.82) is 0 Å². The van der Waals surface area contributed by atoms with Crippen molar-refractivity contribution in [3.05, 3.63) is 21.7 Å². The minimum atomic E-state index is -0.340. The maximum Gasteiger partial charge on any atom is 0.198 e. The lowest BCUT2D eigenvalue weighted by atomic mass is 10.2. The average molecular weight is 221 g/mol. The Morgan fingerprint density at radius 3 is 2.30 bits per heavy atom. The molecule has 0 aromatic heterocycles. The lowest BCUT2D eigenvalue weighted by molar-refractivity contribution is -0.114. The largest absolute Gasteiger partial charge is 0.289 e. The first-order valence-electron chi connectivity index (χ1n) is 2.44. The molecule has 0 atom stereocenters. The highest BCUT2D eigenvalue weighted by atomic mass is 79.9. The normalized spacial score (nSPS) is 18.6. The van der Waals surface area contributed by atoms with Gasteiger partial charge in [-0.25, -0.2) is 0 Å². The molecule has 0 aromatic rings. The molecule has 1 aliphatic carbocycles. The molecule has 0 bridgehead atoms. The first-order valence-corrected chi connectivity index (χ1v) is 3.61. The van der Waals surface area contributed by atoms with E-state index >= 15 is 0 Å². The topological polar surface area (TPSA) is 34.1 Å². The average Bonchev–Trinajstić information content (AvgIpc) is 1.84. The molecule has 0 spiro atoms. The van der Waals surface area contributed by atoms with Crippen LogP contribution in [0.4, 0.5) is 0 Å². The van der Waals surface area contributed by atoms with Crippen LogP contribution in [0.2, 0.25) is 0 Å². The summed E-state index contributed by atoms with van der Waals surface area (Å²) in [6.07, 6.45) is 2.25. The monoisotopic (exact) mass is 220 g/mol. The van der Waals surface area contributed by atoms with E-state index in [4.69, 9.17) is 11.6 Å². The fourth-order valence-corrected chi connectivity index (χ4v) is 0.986. The third-order valence-corrected chi connectivity index (χ3v) is 1.90. The molecule has 0 saturated heterocycles. The summed E-state index contributed by atoms with van der Waals surface area (Å²) >= 11 is 8.26. The fourth-order valence-electron chi connectivity index (χ4n) is 0.510. The van der Waals surface area contributed by atoms with Crippen molar-refractivity contribution >= 4 is 39.1 Å². The predicted molar refractivity (Wildman–Crippen MR) is 41.0 cm³/mol. The standard InChI is InChI=1S/C6H2BrClO2/c7-3-1-6(10)4(8)2-5(3)9/h1-2H. The van der Waals surface area contributed by atoms with E-state index in [0.717, 1.165) is 12.2 Å². The minimum Gasteiger partial charge on any atom is -0.289 e. The zero-order valence-corrected chi connectivity index (χ0v) is 7.07. The quantitative estimate of drug-likeness (QED) is 0.582. The Hall–Kier alpha value is -0.410. The Balaban J connectivity index is 3.03. The number of halogens is 2. The smallest absolute Gasteiger partial charge is 0.198 e. The van der Waals surface area contributed by atoms with Crippen LogP contribution in [0.1, 0.15) is 0 Å². The first kappa shape index (κ1) is 7.69. The van der Waals surface area contributed by atoms with E-state index in [2.05, 4.69) is 15.9 Å². The molecular weight excluding hydrogens is 219 g/mol. The van der Waals surface area contributed by atoms with Crippen molar-refractivity contribution in [3.63, 3.8) is 0 Å². The van der Waals surface area contributed by atoms with Crippen LogP contribution in [0.25, 0.3) is 0 Å². The van der Waals surface area contributed by atoms with Gasteiger partial charge in [0.2, 0.25) is 0 Å². The molecule has 2 nitrogen and oxygen atoms in total. The van der Waals surface area contributed by atoms with Gasteiger partial charge in [-0.1, -0.05) is 11.6 Å². The number of rotatable bonds is 0. The number of hydrogen-bond acceptors (Lipinski definition) is 2. The molecule has 0 amide bonds. The lowest BCUT2D eigenvalue weighted by Crippen LogP contribution is -2.06. The molecule has 0 aromatic carbocycles. The highest BCUT2D eigenvalue weighted by Gasteiger charge is 2.15. The molecule has 10 heavy (non-hydrogen) atoms. The molecule has 0 radical (unpaired) electrons. The Morgan fingerprint density at radius 2 is 1.80 bits per heavy atom. The number of allylic oxidation sites excluding steroid dienone is 4. The van der Waals surface area contributed by atoms with Gasteiger partial charge in [-0.3, -0.25) is 9.59 Å². The van der Waals surface area contributed by atoms with E-state index in [9.17, 15) is 9.59 Å². The number of hydrogen-bond donors (Lipinski definition) is 0. The van der Waals surface area contributed by atoms with Crippen molar-refractivity contribution in [2.75, 3.05) is 0 Å². The SMILES string of the molecule is O=C1C=C(Br)C(=O)C=C1Cl. The minimum absolute atomic E-state index is 0.0341. The van der Waals surface area contributed by atoms with Crippen molar-refractivity contribution in [3.8, 4) is 0 Å². The van der Waals surface area contributed by atoms with Gasteiger partial charge in [0, 0.05) is 12.2 Å². The van der Waals surface area contributed by atoms with Crippen LogP contribution in [-0.4, -0.2) is 11.6 Å². The van der Waals surface area contributed by atoms with E-state index in [0.29, 0.717) is 0 Å². The summed E-state index contributed by atoms with van der Waals surface area (Å²) in [5.41, 5.74) is 0. The molecular formula is C6H2BrClO2. The Labute approximate surface area is 70.7 Å². The molecule has 0 fully saturated rings. The Kier molecular flexibility index (Phi) is 2.06. The summed E-state index contributed by atoms with van der Waals surface area (Å²) in [6.45, 7) is 0. The lowest BCUT2D eigenvalue weighted by Gasteiger charge is -1.99.